The Hall–Kier alpha value is -0.950. The van der Waals surface area contributed by atoms with Gasteiger partial charge in [-0.3, -0.25) is 0 Å². The lowest BCUT2D eigenvalue weighted by atomic mass is 9.91. The van der Waals surface area contributed by atoms with Gasteiger partial charge in [-0.25, -0.2) is 13.1 Å². The van der Waals surface area contributed by atoms with Gasteiger partial charge >= 0.3 is 0 Å². The van der Waals surface area contributed by atoms with Crippen LogP contribution in [0.5, 0.6) is 0 Å². The minimum absolute atomic E-state index is 0.0162. The minimum atomic E-state index is -3.45. The van der Waals surface area contributed by atoms with Gasteiger partial charge in [-0.05, 0) is 62.4 Å². The summed E-state index contributed by atoms with van der Waals surface area (Å²) in [5.74, 6) is 0.691. The van der Waals surface area contributed by atoms with Gasteiger partial charge in [0.2, 0.25) is 10.0 Å². The average Bonchev–Trinajstić information content (AvgIpc) is 2.49. The van der Waals surface area contributed by atoms with Gasteiger partial charge in [0, 0.05) is 13.2 Å². The first-order valence-corrected chi connectivity index (χ1v) is 9.00. The summed E-state index contributed by atoms with van der Waals surface area (Å²) in [5, 5.41) is 12.0. The van der Waals surface area contributed by atoms with E-state index >= 15 is 0 Å². The van der Waals surface area contributed by atoms with E-state index in [9.17, 15) is 8.42 Å². The van der Waals surface area contributed by atoms with Crippen molar-refractivity contribution in [2.45, 2.75) is 30.6 Å². The molecule has 0 bridgehead atoms. The van der Waals surface area contributed by atoms with Crippen LogP contribution in [0, 0.1) is 5.92 Å². The standard InChI is InChI=1S/C15H24N2O3S/c18-11-1-8-17-21(19,20)15-4-2-13(3-5-15)12-14-6-9-16-10-7-14/h2-5,14,16-18H,1,6-12H2. The summed E-state index contributed by atoms with van der Waals surface area (Å²) >= 11 is 0. The van der Waals surface area contributed by atoms with Crippen LogP contribution in [0.1, 0.15) is 24.8 Å². The van der Waals surface area contributed by atoms with E-state index in [-0.39, 0.29) is 18.0 Å². The second-order valence-corrected chi connectivity index (χ2v) is 7.28. The van der Waals surface area contributed by atoms with Gasteiger partial charge in [0.15, 0.2) is 0 Å². The van der Waals surface area contributed by atoms with Gasteiger partial charge < -0.3 is 10.4 Å². The van der Waals surface area contributed by atoms with Crippen molar-refractivity contribution in [3.8, 4) is 0 Å². The Morgan fingerprint density at radius 3 is 2.48 bits per heavy atom. The topological polar surface area (TPSA) is 78.4 Å². The van der Waals surface area contributed by atoms with Crippen LogP contribution >= 0.6 is 0 Å². The second kappa shape index (κ2) is 7.89. The molecule has 0 spiro atoms. The largest absolute Gasteiger partial charge is 0.396 e. The van der Waals surface area contributed by atoms with Crippen LogP contribution in [0.2, 0.25) is 0 Å². The zero-order valence-corrected chi connectivity index (χ0v) is 13.0. The van der Waals surface area contributed by atoms with E-state index in [1.165, 1.54) is 18.4 Å². The number of hydrogen-bond acceptors (Lipinski definition) is 4. The molecule has 1 saturated heterocycles. The fraction of sp³-hybridized carbons (Fsp3) is 0.600. The fourth-order valence-corrected chi connectivity index (χ4v) is 3.67. The van der Waals surface area contributed by atoms with Crippen LogP contribution in [0.4, 0.5) is 0 Å². The monoisotopic (exact) mass is 312 g/mol. The predicted octanol–water partition coefficient (Wildman–Crippen LogP) is 0.889. The SMILES string of the molecule is O=S(=O)(NCCCO)c1ccc(CC2CCNCC2)cc1. The molecule has 0 radical (unpaired) electrons. The summed E-state index contributed by atoms with van der Waals surface area (Å²) in [5.41, 5.74) is 1.19. The number of piperidine rings is 1. The van der Waals surface area contributed by atoms with Gasteiger partial charge in [-0.1, -0.05) is 12.1 Å². The molecule has 0 atom stereocenters. The molecule has 1 fully saturated rings. The Bertz CT molecular complexity index is 522. The zero-order chi connectivity index (χ0) is 15.1. The molecule has 1 heterocycles. The number of benzene rings is 1. The zero-order valence-electron chi connectivity index (χ0n) is 12.2. The lowest BCUT2D eigenvalue weighted by Gasteiger charge is -2.22. The Morgan fingerprint density at radius 1 is 1.19 bits per heavy atom. The lowest BCUT2D eigenvalue weighted by molar-refractivity contribution is 0.289. The van der Waals surface area contributed by atoms with Crippen molar-refractivity contribution >= 4 is 10.0 Å². The molecular formula is C15H24N2O3S. The molecule has 1 aromatic carbocycles. The Balaban J connectivity index is 1.94. The van der Waals surface area contributed by atoms with Gasteiger partial charge in [0.25, 0.3) is 0 Å². The summed E-state index contributed by atoms with van der Waals surface area (Å²) in [6.45, 7) is 2.39. The highest BCUT2D eigenvalue weighted by molar-refractivity contribution is 7.89. The summed E-state index contributed by atoms with van der Waals surface area (Å²) in [6, 6.07) is 7.14. The molecule has 21 heavy (non-hydrogen) atoms. The van der Waals surface area contributed by atoms with Crippen molar-refractivity contribution in [3.63, 3.8) is 0 Å². The quantitative estimate of drug-likeness (QED) is 0.653. The Morgan fingerprint density at radius 2 is 1.86 bits per heavy atom. The number of aliphatic hydroxyl groups excluding tert-OH is 1. The molecule has 0 unspecified atom stereocenters. The van der Waals surface area contributed by atoms with Gasteiger partial charge in [-0.15, -0.1) is 0 Å². The van der Waals surface area contributed by atoms with Crippen LogP contribution in [0.3, 0.4) is 0 Å². The third-order valence-electron chi connectivity index (χ3n) is 3.84. The number of aliphatic hydroxyl groups is 1. The van der Waals surface area contributed by atoms with E-state index < -0.39 is 10.0 Å². The molecule has 0 aromatic heterocycles. The molecule has 0 amide bonds. The maximum atomic E-state index is 12.0. The van der Waals surface area contributed by atoms with Crippen molar-refractivity contribution in [3.05, 3.63) is 29.8 Å². The number of hydrogen-bond donors (Lipinski definition) is 3. The maximum Gasteiger partial charge on any atom is 0.240 e. The predicted molar refractivity (Wildman–Crippen MR) is 82.6 cm³/mol. The third-order valence-corrected chi connectivity index (χ3v) is 5.32. The van der Waals surface area contributed by atoms with E-state index in [4.69, 9.17) is 5.11 Å². The molecule has 1 aliphatic heterocycles. The number of rotatable bonds is 7. The van der Waals surface area contributed by atoms with E-state index in [0.717, 1.165) is 19.5 Å². The molecule has 6 heteroatoms. The maximum absolute atomic E-state index is 12.0. The van der Waals surface area contributed by atoms with Crippen molar-refractivity contribution in [1.82, 2.24) is 10.0 Å². The first kappa shape index (κ1) is 16.4. The minimum Gasteiger partial charge on any atom is -0.396 e. The molecule has 0 saturated carbocycles. The lowest BCUT2D eigenvalue weighted by Crippen LogP contribution is -2.28. The second-order valence-electron chi connectivity index (χ2n) is 5.52. The molecule has 1 aromatic rings. The molecule has 0 aliphatic carbocycles. The highest BCUT2D eigenvalue weighted by atomic mass is 32.2. The number of sulfonamides is 1. The van der Waals surface area contributed by atoms with E-state index in [2.05, 4.69) is 10.0 Å². The summed E-state index contributed by atoms with van der Waals surface area (Å²) in [7, 11) is -3.45. The Kier molecular flexibility index (Phi) is 6.17. The van der Waals surface area contributed by atoms with Crippen molar-refractivity contribution < 1.29 is 13.5 Å². The smallest absolute Gasteiger partial charge is 0.240 e. The van der Waals surface area contributed by atoms with Crippen LogP contribution < -0.4 is 10.0 Å². The van der Waals surface area contributed by atoms with Crippen LogP contribution in [-0.2, 0) is 16.4 Å². The molecule has 1 aliphatic rings. The molecular weight excluding hydrogens is 288 g/mol. The van der Waals surface area contributed by atoms with Crippen molar-refractivity contribution in [1.29, 1.82) is 0 Å². The fourth-order valence-electron chi connectivity index (χ4n) is 2.59. The molecule has 3 N–H and O–H groups in total. The molecule has 5 nitrogen and oxygen atoms in total. The van der Waals surface area contributed by atoms with Crippen LogP contribution in [0.15, 0.2) is 29.2 Å². The third kappa shape index (κ3) is 5.07. The van der Waals surface area contributed by atoms with E-state index in [1.54, 1.807) is 12.1 Å². The molecule has 2 rings (SSSR count). The van der Waals surface area contributed by atoms with Gasteiger partial charge in [0.1, 0.15) is 0 Å². The van der Waals surface area contributed by atoms with Crippen LogP contribution in [-0.4, -0.2) is 39.8 Å². The van der Waals surface area contributed by atoms with E-state index in [1.807, 2.05) is 12.1 Å². The van der Waals surface area contributed by atoms with Crippen LogP contribution in [0.25, 0.3) is 0 Å². The summed E-state index contributed by atoms with van der Waals surface area (Å²) < 4.78 is 26.5. The van der Waals surface area contributed by atoms with E-state index in [0.29, 0.717) is 12.3 Å². The molecule has 118 valence electrons. The first-order chi connectivity index (χ1) is 10.1. The normalized spacial score (nSPS) is 17.0. The number of nitrogens with one attached hydrogen (secondary N) is 2. The average molecular weight is 312 g/mol. The van der Waals surface area contributed by atoms with Crippen molar-refractivity contribution in [2.75, 3.05) is 26.2 Å². The first-order valence-electron chi connectivity index (χ1n) is 7.52. The summed E-state index contributed by atoms with van der Waals surface area (Å²) in [4.78, 5) is 0.287. The van der Waals surface area contributed by atoms with Gasteiger partial charge in [-0.2, -0.15) is 0 Å². The van der Waals surface area contributed by atoms with Crippen molar-refractivity contribution in [2.24, 2.45) is 5.92 Å². The van der Waals surface area contributed by atoms with Gasteiger partial charge in [0.05, 0.1) is 4.90 Å². The highest BCUT2D eigenvalue weighted by Gasteiger charge is 2.15. The summed E-state index contributed by atoms with van der Waals surface area (Å²) in [6.07, 6.45) is 3.80. The highest BCUT2D eigenvalue weighted by Crippen LogP contribution is 2.19. The Labute approximate surface area is 126 Å².